The molecular weight excluding hydrogens is 308 g/mol. The molecule has 1 aliphatic heterocycles. The first-order valence-corrected chi connectivity index (χ1v) is 8.25. The van der Waals surface area contributed by atoms with Crippen LogP contribution in [-0.4, -0.2) is 23.7 Å². The van der Waals surface area contributed by atoms with Gasteiger partial charge >= 0.3 is 6.16 Å². The van der Waals surface area contributed by atoms with Crippen LogP contribution in [0.3, 0.4) is 0 Å². The van der Waals surface area contributed by atoms with Crippen molar-refractivity contribution >= 4 is 22.1 Å². The fourth-order valence-corrected chi connectivity index (χ4v) is 5.46. The summed E-state index contributed by atoms with van der Waals surface area (Å²) in [5, 5.41) is 0. The summed E-state index contributed by atoms with van der Waals surface area (Å²) in [7, 11) is 0. The number of carbonyl (C=O) groups excluding carboxylic acids is 1. The van der Waals surface area contributed by atoms with Crippen LogP contribution < -0.4 is 0 Å². The zero-order valence-electron chi connectivity index (χ0n) is 11.9. The third kappa shape index (κ3) is 1.93. The molecule has 3 aliphatic rings. The maximum Gasteiger partial charge on any atom is 0.508 e. The standard InChI is InChI=1S/C15H23BrO3/c1-14(2)11-5-4-10-9(8-18-13(17)19-10)15(11,3)7-6-12(14)16/h9-12H,4-8H2,1-3H3. The Balaban J connectivity index is 1.91. The van der Waals surface area contributed by atoms with Crippen LogP contribution in [0.5, 0.6) is 0 Å². The van der Waals surface area contributed by atoms with Gasteiger partial charge in [-0.3, -0.25) is 0 Å². The highest BCUT2D eigenvalue weighted by Gasteiger charge is 2.59. The molecule has 3 fully saturated rings. The number of fused-ring (bicyclic) bond motifs is 3. The Labute approximate surface area is 123 Å². The molecule has 2 saturated carbocycles. The van der Waals surface area contributed by atoms with Crippen molar-refractivity contribution in [1.82, 2.24) is 0 Å². The Morgan fingerprint density at radius 2 is 1.95 bits per heavy atom. The molecule has 2 aliphatic carbocycles. The van der Waals surface area contributed by atoms with E-state index in [2.05, 4.69) is 36.7 Å². The molecule has 3 nitrogen and oxygen atoms in total. The number of alkyl halides is 1. The highest BCUT2D eigenvalue weighted by Crippen LogP contribution is 2.62. The summed E-state index contributed by atoms with van der Waals surface area (Å²) < 4.78 is 10.6. The molecule has 5 atom stereocenters. The third-order valence-electron chi connectivity index (χ3n) is 6.10. The fraction of sp³-hybridized carbons (Fsp3) is 0.933. The van der Waals surface area contributed by atoms with Crippen molar-refractivity contribution in [2.75, 3.05) is 6.61 Å². The lowest BCUT2D eigenvalue weighted by Gasteiger charge is -2.60. The zero-order chi connectivity index (χ0) is 13.8. The first-order chi connectivity index (χ1) is 8.85. The molecule has 19 heavy (non-hydrogen) atoms. The van der Waals surface area contributed by atoms with E-state index in [9.17, 15) is 4.79 Å². The number of hydrogen-bond donors (Lipinski definition) is 0. The molecule has 0 aromatic carbocycles. The van der Waals surface area contributed by atoms with Gasteiger partial charge < -0.3 is 9.47 Å². The summed E-state index contributed by atoms with van der Waals surface area (Å²) in [6.45, 7) is 7.69. The number of rotatable bonds is 0. The highest BCUT2D eigenvalue weighted by atomic mass is 79.9. The van der Waals surface area contributed by atoms with Crippen molar-refractivity contribution in [3.63, 3.8) is 0 Å². The molecule has 1 heterocycles. The first-order valence-electron chi connectivity index (χ1n) is 7.33. The molecule has 0 bridgehead atoms. The molecule has 0 aromatic heterocycles. The highest BCUT2D eigenvalue weighted by molar-refractivity contribution is 9.09. The van der Waals surface area contributed by atoms with Crippen LogP contribution in [0.2, 0.25) is 0 Å². The van der Waals surface area contributed by atoms with E-state index >= 15 is 0 Å². The van der Waals surface area contributed by atoms with E-state index in [4.69, 9.17) is 9.47 Å². The van der Waals surface area contributed by atoms with Gasteiger partial charge in [-0.25, -0.2) is 4.79 Å². The Kier molecular flexibility index (Phi) is 3.16. The molecule has 5 unspecified atom stereocenters. The van der Waals surface area contributed by atoms with Crippen LogP contribution in [-0.2, 0) is 9.47 Å². The number of halogens is 1. The SMILES string of the molecule is CC1(C)C(Br)CCC2(C)C3COC(=O)OC3CCC12. The van der Waals surface area contributed by atoms with E-state index in [-0.39, 0.29) is 11.5 Å². The number of cyclic esters (lactones) is 1. The van der Waals surface area contributed by atoms with Crippen molar-refractivity contribution in [2.24, 2.45) is 22.7 Å². The molecule has 3 rings (SSSR count). The van der Waals surface area contributed by atoms with E-state index in [1.165, 1.54) is 12.8 Å². The second-order valence-electron chi connectivity index (χ2n) is 7.29. The van der Waals surface area contributed by atoms with Crippen LogP contribution in [0.25, 0.3) is 0 Å². The summed E-state index contributed by atoms with van der Waals surface area (Å²) in [6, 6.07) is 0. The van der Waals surface area contributed by atoms with Gasteiger partial charge in [0.15, 0.2) is 0 Å². The predicted octanol–water partition coefficient (Wildman–Crippen LogP) is 4.14. The minimum absolute atomic E-state index is 0.0742. The van der Waals surface area contributed by atoms with Gasteiger partial charge in [-0.15, -0.1) is 0 Å². The van der Waals surface area contributed by atoms with E-state index in [0.717, 1.165) is 12.8 Å². The topological polar surface area (TPSA) is 35.5 Å². The molecule has 0 radical (unpaired) electrons. The lowest BCUT2D eigenvalue weighted by Crippen LogP contribution is -2.59. The van der Waals surface area contributed by atoms with Crippen LogP contribution in [0.4, 0.5) is 4.79 Å². The third-order valence-corrected chi connectivity index (χ3v) is 7.74. The quantitative estimate of drug-likeness (QED) is 0.494. The lowest BCUT2D eigenvalue weighted by atomic mass is 9.48. The van der Waals surface area contributed by atoms with Gasteiger partial charge in [0.2, 0.25) is 0 Å². The van der Waals surface area contributed by atoms with Gasteiger partial charge in [-0.1, -0.05) is 36.7 Å². The average molecular weight is 331 g/mol. The van der Waals surface area contributed by atoms with E-state index < -0.39 is 6.16 Å². The monoisotopic (exact) mass is 330 g/mol. The minimum atomic E-state index is -0.475. The minimum Gasteiger partial charge on any atom is -0.434 e. The van der Waals surface area contributed by atoms with Gasteiger partial charge in [0.05, 0.1) is 0 Å². The van der Waals surface area contributed by atoms with Gasteiger partial charge in [-0.05, 0) is 42.4 Å². The summed E-state index contributed by atoms with van der Waals surface area (Å²) >= 11 is 3.88. The largest absolute Gasteiger partial charge is 0.508 e. The summed E-state index contributed by atoms with van der Waals surface area (Å²) in [5.41, 5.74) is 0.525. The number of ether oxygens (including phenoxy) is 2. The Morgan fingerprint density at radius 3 is 2.68 bits per heavy atom. The molecular formula is C15H23BrO3. The van der Waals surface area contributed by atoms with Crippen molar-refractivity contribution in [3.8, 4) is 0 Å². The lowest BCUT2D eigenvalue weighted by molar-refractivity contribution is -0.170. The van der Waals surface area contributed by atoms with Crippen LogP contribution in [0.15, 0.2) is 0 Å². The van der Waals surface area contributed by atoms with Gasteiger partial charge in [0, 0.05) is 10.7 Å². The predicted molar refractivity (Wildman–Crippen MR) is 76.3 cm³/mol. The van der Waals surface area contributed by atoms with Crippen LogP contribution in [0, 0.1) is 22.7 Å². The zero-order valence-corrected chi connectivity index (χ0v) is 13.5. The van der Waals surface area contributed by atoms with Gasteiger partial charge in [0.25, 0.3) is 0 Å². The first kappa shape index (κ1) is 13.7. The smallest absolute Gasteiger partial charge is 0.434 e. The number of carbonyl (C=O) groups is 1. The summed E-state index contributed by atoms with van der Waals surface area (Å²) in [4.78, 5) is 11.9. The second kappa shape index (κ2) is 4.37. The summed E-state index contributed by atoms with van der Waals surface area (Å²) in [5.74, 6) is 1.03. The average Bonchev–Trinajstić information content (AvgIpc) is 2.34. The van der Waals surface area contributed by atoms with Crippen molar-refractivity contribution < 1.29 is 14.3 Å². The maximum absolute atomic E-state index is 11.3. The van der Waals surface area contributed by atoms with Crippen molar-refractivity contribution in [2.45, 2.75) is 57.4 Å². The fourth-order valence-electron chi connectivity index (χ4n) is 4.91. The van der Waals surface area contributed by atoms with E-state index in [1.54, 1.807) is 0 Å². The van der Waals surface area contributed by atoms with Crippen molar-refractivity contribution in [1.29, 1.82) is 0 Å². The summed E-state index contributed by atoms with van der Waals surface area (Å²) in [6.07, 6.45) is 4.13. The normalized spacial score (nSPS) is 48.5. The number of hydrogen-bond acceptors (Lipinski definition) is 3. The Bertz CT molecular complexity index is 395. The van der Waals surface area contributed by atoms with Crippen LogP contribution in [0.1, 0.15) is 46.5 Å². The van der Waals surface area contributed by atoms with Crippen molar-refractivity contribution in [3.05, 3.63) is 0 Å². The van der Waals surface area contributed by atoms with Crippen LogP contribution >= 0.6 is 15.9 Å². The molecule has 0 N–H and O–H groups in total. The Hall–Kier alpha value is -0.250. The van der Waals surface area contributed by atoms with E-state index in [0.29, 0.717) is 28.7 Å². The molecule has 0 spiro atoms. The molecule has 0 amide bonds. The van der Waals surface area contributed by atoms with E-state index in [1.807, 2.05) is 0 Å². The second-order valence-corrected chi connectivity index (χ2v) is 8.39. The van der Waals surface area contributed by atoms with Gasteiger partial charge in [-0.2, -0.15) is 0 Å². The Morgan fingerprint density at radius 1 is 1.21 bits per heavy atom. The molecule has 4 heteroatoms. The molecule has 1 saturated heterocycles. The van der Waals surface area contributed by atoms with Gasteiger partial charge in [0.1, 0.15) is 12.7 Å². The molecule has 108 valence electrons. The maximum atomic E-state index is 11.3. The molecule has 0 aromatic rings.